The van der Waals surface area contributed by atoms with Crippen molar-refractivity contribution in [2.24, 2.45) is 5.92 Å². The lowest BCUT2D eigenvalue weighted by Crippen LogP contribution is -2.27. The van der Waals surface area contributed by atoms with Crippen molar-refractivity contribution in [1.82, 2.24) is 9.88 Å². The van der Waals surface area contributed by atoms with Crippen LogP contribution in [-0.4, -0.2) is 54.4 Å². The first-order valence-electron chi connectivity index (χ1n) is 8.73. The number of aromatic nitrogens is 1. The highest BCUT2D eigenvalue weighted by molar-refractivity contribution is 5.42. The summed E-state index contributed by atoms with van der Waals surface area (Å²) in [5, 5.41) is 10.3. The summed E-state index contributed by atoms with van der Waals surface area (Å²) in [6.07, 6.45) is 2.30. The fourth-order valence-corrected chi connectivity index (χ4v) is 3.29. The lowest BCUT2D eigenvalue weighted by Gasteiger charge is -2.17. The number of rotatable bonds is 7. The van der Waals surface area contributed by atoms with Crippen LogP contribution in [0, 0.1) is 12.8 Å². The van der Waals surface area contributed by atoms with E-state index in [0.29, 0.717) is 13.2 Å². The van der Waals surface area contributed by atoms with Gasteiger partial charge in [-0.3, -0.25) is 9.88 Å². The molecule has 134 valence electrons. The van der Waals surface area contributed by atoms with Crippen molar-refractivity contribution in [2.45, 2.75) is 19.4 Å². The molecule has 2 atom stereocenters. The van der Waals surface area contributed by atoms with Gasteiger partial charge in [-0.25, -0.2) is 0 Å². The number of pyridine rings is 1. The highest BCUT2D eigenvalue weighted by Crippen LogP contribution is 2.28. The van der Waals surface area contributed by atoms with Crippen molar-refractivity contribution in [3.63, 3.8) is 0 Å². The van der Waals surface area contributed by atoms with E-state index < -0.39 is 0 Å². The summed E-state index contributed by atoms with van der Waals surface area (Å²) >= 11 is 0. The quantitative estimate of drug-likeness (QED) is 0.837. The number of benzene rings is 1. The molecule has 5 heteroatoms. The maximum Gasteiger partial charge on any atom is 0.161 e. The van der Waals surface area contributed by atoms with Crippen LogP contribution in [0.4, 0.5) is 0 Å². The Labute approximate surface area is 149 Å². The van der Waals surface area contributed by atoms with Gasteiger partial charge >= 0.3 is 0 Å². The molecular formula is C20H26N2O3. The Hall–Kier alpha value is -2.11. The largest absolute Gasteiger partial charge is 0.493 e. The standard InChI is InChI=1S/C20H26N2O3/c1-15-6-7-19(20(11-15)24-2)25-10-9-22-13-16(18(23)14-22)12-17-5-3-4-8-21-17/h3-8,11,16,18,23H,9-10,12-14H2,1-2H3/t16-,18-/m1/s1. The first-order chi connectivity index (χ1) is 12.2. The van der Waals surface area contributed by atoms with Crippen molar-refractivity contribution in [3.8, 4) is 11.5 Å². The molecule has 1 saturated heterocycles. The Morgan fingerprint density at radius 3 is 2.84 bits per heavy atom. The van der Waals surface area contributed by atoms with E-state index in [0.717, 1.165) is 42.3 Å². The van der Waals surface area contributed by atoms with Gasteiger partial charge in [0.15, 0.2) is 11.5 Å². The van der Waals surface area contributed by atoms with Crippen LogP contribution in [0.1, 0.15) is 11.3 Å². The summed E-state index contributed by atoms with van der Waals surface area (Å²) in [6.45, 7) is 4.94. The molecule has 25 heavy (non-hydrogen) atoms. The molecule has 1 aromatic carbocycles. The lowest BCUT2D eigenvalue weighted by molar-refractivity contribution is 0.139. The van der Waals surface area contributed by atoms with E-state index in [2.05, 4.69) is 9.88 Å². The van der Waals surface area contributed by atoms with Crippen molar-refractivity contribution in [2.75, 3.05) is 33.4 Å². The van der Waals surface area contributed by atoms with Crippen LogP contribution in [0.5, 0.6) is 11.5 Å². The van der Waals surface area contributed by atoms with Gasteiger partial charge in [0, 0.05) is 37.4 Å². The molecule has 1 aromatic heterocycles. The molecule has 0 spiro atoms. The summed E-state index contributed by atoms with van der Waals surface area (Å²) in [7, 11) is 1.65. The molecule has 3 rings (SSSR count). The summed E-state index contributed by atoms with van der Waals surface area (Å²) in [5.41, 5.74) is 2.18. The first-order valence-corrected chi connectivity index (χ1v) is 8.73. The van der Waals surface area contributed by atoms with Crippen LogP contribution in [-0.2, 0) is 6.42 Å². The molecule has 1 N–H and O–H groups in total. The topological polar surface area (TPSA) is 54.8 Å². The summed E-state index contributed by atoms with van der Waals surface area (Å²) < 4.78 is 11.2. The van der Waals surface area contributed by atoms with E-state index in [4.69, 9.17) is 9.47 Å². The highest BCUT2D eigenvalue weighted by Gasteiger charge is 2.31. The van der Waals surface area contributed by atoms with Gasteiger partial charge in [0.05, 0.1) is 13.2 Å². The SMILES string of the molecule is COc1cc(C)ccc1OCCN1C[C@@H](Cc2ccccn2)[C@H](O)C1. The number of hydrogen-bond donors (Lipinski definition) is 1. The lowest BCUT2D eigenvalue weighted by atomic mass is 10.00. The monoisotopic (exact) mass is 342 g/mol. The fraction of sp³-hybridized carbons (Fsp3) is 0.450. The Morgan fingerprint density at radius 2 is 2.08 bits per heavy atom. The molecule has 2 aromatic rings. The molecule has 0 unspecified atom stereocenters. The molecule has 0 radical (unpaired) electrons. The van der Waals surface area contributed by atoms with Gasteiger partial charge in [0.25, 0.3) is 0 Å². The highest BCUT2D eigenvalue weighted by atomic mass is 16.5. The third-order valence-electron chi connectivity index (χ3n) is 4.66. The second-order valence-corrected chi connectivity index (χ2v) is 6.61. The van der Waals surface area contributed by atoms with Gasteiger partial charge < -0.3 is 14.6 Å². The molecule has 0 bridgehead atoms. The molecule has 1 aliphatic heterocycles. The molecule has 1 fully saturated rings. The molecular weight excluding hydrogens is 316 g/mol. The number of hydrogen-bond acceptors (Lipinski definition) is 5. The van der Waals surface area contributed by atoms with Crippen molar-refractivity contribution in [1.29, 1.82) is 0 Å². The molecule has 0 saturated carbocycles. The number of aliphatic hydroxyl groups is 1. The number of aliphatic hydroxyl groups excluding tert-OH is 1. The van der Waals surface area contributed by atoms with E-state index in [-0.39, 0.29) is 12.0 Å². The maximum atomic E-state index is 10.3. The van der Waals surface area contributed by atoms with Gasteiger partial charge in [-0.2, -0.15) is 0 Å². The van der Waals surface area contributed by atoms with Crippen LogP contribution in [0.2, 0.25) is 0 Å². The van der Waals surface area contributed by atoms with Crippen molar-refractivity contribution in [3.05, 3.63) is 53.9 Å². The zero-order valence-corrected chi connectivity index (χ0v) is 14.9. The van der Waals surface area contributed by atoms with Gasteiger partial charge in [0.2, 0.25) is 0 Å². The van der Waals surface area contributed by atoms with E-state index in [1.54, 1.807) is 13.3 Å². The maximum absolute atomic E-state index is 10.3. The van der Waals surface area contributed by atoms with Gasteiger partial charge in [-0.05, 0) is 43.2 Å². The molecule has 5 nitrogen and oxygen atoms in total. The van der Waals surface area contributed by atoms with E-state index in [1.165, 1.54) is 0 Å². The zero-order chi connectivity index (χ0) is 17.6. The minimum atomic E-state index is -0.309. The second-order valence-electron chi connectivity index (χ2n) is 6.61. The van der Waals surface area contributed by atoms with Crippen molar-refractivity contribution < 1.29 is 14.6 Å². The predicted molar refractivity (Wildman–Crippen MR) is 97.1 cm³/mol. The molecule has 1 aliphatic rings. The van der Waals surface area contributed by atoms with E-state index in [9.17, 15) is 5.11 Å². The Kier molecular flexibility index (Phi) is 5.89. The summed E-state index contributed by atoms with van der Waals surface area (Å²) in [4.78, 5) is 6.61. The summed E-state index contributed by atoms with van der Waals surface area (Å²) in [6, 6.07) is 11.8. The minimum Gasteiger partial charge on any atom is -0.493 e. The van der Waals surface area contributed by atoms with E-state index >= 15 is 0 Å². The Bertz CT molecular complexity index is 678. The summed E-state index contributed by atoms with van der Waals surface area (Å²) in [5.74, 6) is 1.75. The number of nitrogens with zero attached hydrogens (tertiary/aromatic N) is 2. The zero-order valence-electron chi connectivity index (χ0n) is 14.9. The van der Waals surface area contributed by atoms with Gasteiger partial charge in [-0.1, -0.05) is 12.1 Å². The molecule has 2 heterocycles. The number of aryl methyl sites for hydroxylation is 1. The van der Waals surface area contributed by atoms with Crippen LogP contribution in [0.25, 0.3) is 0 Å². The van der Waals surface area contributed by atoms with Gasteiger partial charge in [0.1, 0.15) is 6.61 Å². The third-order valence-corrected chi connectivity index (χ3v) is 4.66. The number of likely N-dealkylation sites (tertiary alicyclic amines) is 1. The Balaban J connectivity index is 1.48. The first kappa shape index (κ1) is 17.7. The average molecular weight is 342 g/mol. The average Bonchev–Trinajstić information content (AvgIpc) is 2.96. The van der Waals surface area contributed by atoms with Gasteiger partial charge in [-0.15, -0.1) is 0 Å². The van der Waals surface area contributed by atoms with Crippen LogP contribution >= 0.6 is 0 Å². The second kappa shape index (κ2) is 8.32. The number of methoxy groups -OCH3 is 1. The Morgan fingerprint density at radius 1 is 1.20 bits per heavy atom. The predicted octanol–water partition coefficient (Wildman–Crippen LogP) is 2.31. The number of ether oxygens (including phenoxy) is 2. The molecule has 0 aliphatic carbocycles. The van der Waals surface area contributed by atoms with Crippen LogP contribution < -0.4 is 9.47 Å². The van der Waals surface area contributed by atoms with Crippen molar-refractivity contribution >= 4 is 0 Å². The van der Waals surface area contributed by atoms with Crippen LogP contribution in [0.3, 0.4) is 0 Å². The normalized spacial score (nSPS) is 20.6. The smallest absolute Gasteiger partial charge is 0.161 e. The molecule has 0 amide bonds. The fourth-order valence-electron chi connectivity index (χ4n) is 3.29. The third kappa shape index (κ3) is 4.71. The number of β-amino-alcohol motifs (C(OH)–C–C–N with tert-alkyl or cyclic N) is 1. The van der Waals surface area contributed by atoms with Crippen LogP contribution in [0.15, 0.2) is 42.6 Å². The minimum absolute atomic E-state index is 0.226. The van der Waals surface area contributed by atoms with E-state index in [1.807, 2.05) is 43.3 Å².